The van der Waals surface area contributed by atoms with E-state index in [1.165, 1.54) is 11.0 Å². The van der Waals surface area contributed by atoms with Gasteiger partial charge in [0.1, 0.15) is 5.82 Å². The van der Waals surface area contributed by atoms with Gasteiger partial charge in [0, 0.05) is 20.6 Å². The third-order valence-electron chi connectivity index (χ3n) is 3.81. The highest BCUT2D eigenvalue weighted by molar-refractivity contribution is 5.86. The van der Waals surface area contributed by atoms with Crippen molar-refractivity contribution < 1.29 is 9.18 Å². The van der Waals surface area contributed by atoms with Crippen molar-refractivity contribution in [2.24, 2.45) is 4.99 Å². The van der Waals surface area contributed by atoms with Crippen molar-refractivity contribution in [3.05, 3.63) is 71.5 Å². The van der Waals surface area contributed by atoms with E-state index < -0.39 is 0 Å². The summed E-state index contributed by atoms with van der Waals surface area (Å²) in [4.78, 5) is 17.8. The van der Waals surface area contributed by atoms with Crippen molar-refractivity contribution >= 4 is 11.9 Å². The smallest absolute Gasteiger partial charge is 0.241 e. The molecule has 1 amide bonds. The van der Waals surface area contributed by atoms with Crippen LogP contribution in [-0.4, -0.2) is 44.0 Å². The van der Waals surface area contributed by atoms with Gasteiger partial charge in [0.25, 0.3) is 0 Å². The number of guanidine groups is 1. The summed E-state index contributed by atoms with van der Waals surface area (Å²) in [6.07, 6.45) is 0.528. The first-order chi connectivity index (χ1) is 12.6. The standard InChI is InChI=1S/C20H25FN4O/c1-25(2)19(26)15-24-20(23-14-16-8-4-3-5-9-16)22-13-12-17-10-6-7-11-18(17)21/h3-11H,12-15H2,1-2H3,(H2,22,23,24). The maximum absolute atomic E-state index is 13.7. The Bertz CT molecular complexity index is 732. The van der Waals surface area contributed by atoms with E-state index in [-0.39, 0.29) is 18.3 Å². The van der Waals surface area contributed by atoms with E-state index in [2.05, 4.69) is 15.6 Å². The summed E-state index contributed by atoms with van der Waals surface area (Å²) < 4.78 is 13.7. The molecule has 26 heavy (non-hydrogen) atoms. The van der Waals surface area contributed by atoms with E-state index in [0.29, 0.717) is 31.0 Å². The molecule has 0 radical (unpaired) electrons. The molecular weight excluding hydrogens is 331 g/mol. The van der Waals surface area contributed by atoms with E-state index in [0.717, 1.165) is 5.56 Å². The fourth-order valence-electron chi connectivity index (χ4n) is 2.26. The minimum atomic E-state index is -0.215. The number of halogens is 1. The molecule has 0 aliphatic rings. The van der Waals surface area contributed by atoms with Gasteiger partial charge in [0.15, 0.2) is 5.96 Å². The van der Waals surface area contributed by atoms with Gasteiger partial charge in [-0.15, -0.1) is 0 Å². The van der Waals surface area contributed by atoms with Gasteiger partial charge in [-0.05, 0) is 23.6 Å². The van der Waals surface area contributed by atoms with Crippen LogP contribution in [0.1, 0.15) is 11.1 Å². The molecule has 5 nitrogen and oxygen atoms in total. The van der Waals surface area contributed by atoms with Gasteiger partial charge >= 0.3 is 0 Å². The molecule has 0 bridgehead atoms. The first kappa shape index (κ1) is 19.4. The Kier molecular flexibility index (Phi) is 7.61. The van der Waals surface area contributed by atoms with Crippen LogP contribution in [0.3, 0.4) is 0 Å². The molecule has 2 rings (SSSR count). The topological polar surface area (TPSA) is 56.7 Å². The SMILES string of the molecule is CN(C)C(=O)CNC(=NCc1ccccc1)NCCc1ccccc1F. The monoisotopic (exact) mass is 356 g/mol. The lowest BCUT2D eigenvalue weighted by molar-refractivity contribution is -0.127. The number of benzene rings is 2. The van der Waals surface area contributed by atoms with Crippen LogP contribution >= 0.6 is 0 Å². The summed E-state index contributed by atoms with van der Waals surface area (Å²) in [7, 11) is 3.41. The number of nitrogens with one attached hydrogen (secondary N) is 2. The van der Waals surface area contributed by atoms with Gasteiger partial charge in [-0.1, -0.05) is 48.5 Å². The number of nitrogens with zero attached hydrogens (tertiary/aromatic N) is 2. The van der Waals surface area contributed by atoms with Crippen molar-refractivity contribution in [1.82, 2.24) is 15.5 Å². The van der Waals surface area contributed by atoms with Crippen LogP contribution in [0.5, 0.6) is 0 Å². The Labute approximate surface area is 153 Å². The predicted molar refractivity (Wildman–Crippen MR) is 102 cm³/mol. The van der Waals surface area contributed by atoms with Gasteiger partial charge in [-0.25, -0.2) is 9.38 Å². The minimum Gasteiger partial charge on any atom is -0.356 e. The lowest BCUT2D eigenvalue weighted by atomic mass is 10.1. The second-order valence-electron chi connectivity index (χ2n) is 6.06. The average Bonchev–Trinajstić information content (AvgIpc) is 2.65. The van der Waals surface area contributed by atoms with Gasteiger partial charge in [0.05, 0.1) is 13.1 Å². The average molecular weight is 356 g/mol. The summed E-state index contributed by atoms with van der Waals surface area (Å²) in [6.45, 7) is 1.15. The normalized spacial score (nSPS) is 11.1. The molecule has 0 spiro atoms. The Balaban J connectivity index is 1.95. The number of carbonyl (C=O) groups excluding carboxylic acids is 1. The molecule has 0 saturated carbocycles. The highest BCUT2D eigenvalue weighted by atomic mass is 19.1. The zero-order chi connectivity index (χ0) is 18.8. The zero-order valence-corrected chi connectivity index (χ0v) is 15.2. The Morgan fingerprint density at radius 3 is 2.42 bits per heavy atom. The molecule has 2 aromatic carbocycles. The van der Waals surface area contributed by atoms with Crippen LogP contribution in [0.25, 0.3) is 0 Å². The number of rotatable bonds is 7. The summed E-state index contributed by atoms with van der Waals surface area (Å²) >= 11 is 0. The fraction of sp³-hybridized carbons (Fsp3) is 0.300. The van der Waals surface area contributed by atoms with Gasteiger partial charge < -0.3 is 15.5 Å². The Hall–Kier alpha value is -2.89. The minimum absolute atomic E-state index is 0.0479. The number of amides is 1. The summed E-state index contributed by atoms with van der Waals surface area (Å²) in [5.41, 5.74) is 1.72. The summed E-state index contributed by atoms with van der Waals surface area (Å²) in [6, 6.07) is 16.6. The molecule has 0 aliphatic carbocycles. The van der Waals surface area contributed by atoms with Gasteiger partial charge in [0.2, 0.25) is 5.91 Å². The molecule has 2 N–H and O–H groups in total. The number of hydrogen-bond donors (Lipinski definition) is 2. The maximum atomic E-state index is 13.7. The first-order valence-corrected chi connectivity index (χ1v) is 8.56. The molecule has 6 heteroatoms. The molecule has 0 aromatic heterocycles. The Morgan fingerprint density at radius 2 is 1.73 bits per heavy atom. The highest BCUT2D eigenvalue weighted by Crippen LogP contribution is 2.06. The first-order valence-electron chi connectivity index (χ1n) is 8.56. The molecular formula is C20H25FN4O. The van der Waals surface area contributed by atoms with Crippen LogP contribution in [0.4, 0.5) is 4.39 Å². The summed E-state index contributed by atoms with van der Waals surface area (Å²) in [5, 5.41) is 6.19. The van der Waals surface area contributed by atoms with Crippen molar-refractivity contribution in [1.29, 1.82) is 0 Å². The number of likely N-dealkylation sites (N-methyl/N-ethyl adjacent to an activating group) is 1. The van der Waals surface area contributed by atoms with Crippen molar-refractivity contribution in [3.8, 4) is 0 Å². The maximum Gasteiger partial charge on any atom is 0.241 e. The second-order valence-corrected chi connectivity index (χ2v) is 6.06. The molecule has 2 aromatic rings. The van der Waals surface area contributed by atoms with E-state index in [9.17, 15) is 9.18 Å². The molecule has 0 saturated heterocycles. The lowest BCUT2D eigenvalue weighted by Crippen LogP contribution is -2.43. The zero-order valence-electron chi connectivity index (χ0n) is 15.2. The number of hydrogen-bond acceptors (Lipinski definition) is 2. The van der Waals surface area contributed by atoms with Crippen molar-refractivity contribution in [3.63, 3.8) is 0 Å². The van der Waals surface area contributed by atoms with Crippen molar-refractivity contribution in [2.45, 2.75) is 13.0 Å². The van der Waals surface area contributed by atoms with Crippen LogP contribution in [0, 0.1) is 5.82 Å². The highest BCUT2D eigenvalue weighted by Gasteiger charge is 2.06. The van der Waals surface area contributed by atoms with E-state index in [1.54, 1.807) is 26.2 Å². The van der Waals surface area contributed by atoms with Gasteiger partial charge in [-0.2, -0.15) is 0 Å². The van der Waals surface area contributed by atoms with Crippen molar-refractivity contribution in [2.75, 3.05) is 27.2 Å². The van der Waals surface area contributed by atoms with E-state index in [1.807, 2.05) is 36.4 Å². The molecule has 0 unspecified atom stereocenters. The molecule has 0 heterocycles. The number of carbonyl (C=O) groups is 1. The number of aliphatic imine (C=N–C) groups is 1. The quantitative estimate of drug-likeness (QED) is 0.591. The van der Waals surface area contributed by atoms with E-state index in [4.69, 9.17) is 0 Å². The van der Waals surface area contributed by atoms with Crippen LogP contribution < -0.4 is 10.6 Å². The summed E-state index contributed by atoms with van der Waals surface area (Å²) in [5.74, 6) is 0.265. The fourth-order valence-corrected chi connectivity index (χ4v) is 2.26. The van der Waals surface area contributed by atoms with E-state index >= 15 is 0 Å². The third-order valence-corrected chi connectivity index (χ3v) is 3.81. The molecule has 0 fully saturated rings. The molecule has 0 aliphatic heterocycles. The molecule has 0 atom stereocenters. The van der Waals surface area contributed by atoms with Crippen LogP contribution in [-0.2, 0) is 17.8 Å². The van der Waals surface area contributed by atoms with Crippen LogP contribution in [0.2, 0.25) is 0 Å². The Morgan fingerprint density at radius 1 is 1.04 bits per heavy atom. The third kappa shape index (κ3) is 6.55. The lowest BCUT2D eigenvalue weighted by Gasteiger charge is -2.15. The largest absolute Gasteiger partial charge is 0.356 e. The van der Waals surface area contributed by atoms with Crippen LogP contribution in [0.15, 0.2) is 59.6 Å². The van der Waals surface area contributed by atoms with Gasteiger partial charge in [-0.3, -0.25) is 4.79 Å². The second kappa shape index (κ2) is 10.2. The predicted octanol–water partition coefficient (Wildman–Crippen LogP) is 2.19. The molecule has 138 valence electrons.